The van der Waals surface area contributed by atoms with Crippen molar-refractivity contribution in [1.82, 2.24) is 0 Å². The Labute approximate surface area is 181 Å². The number of hydrogen-bond donors (Lipinski definition) is 1. The Balaban J connectivity index is 1.56. The van der Waals surface area contributed by atoms with Crippen molar-refractivity contribution in [2.75, 3.05) is 6.61 Å². The molecule has 2 heterocycles. The van der Waals surface area contributed by atoms with Crippen LogP contribution in [0.3, 0.4) is 0 Å². The van der Waals surface area contributed by atoms with E-state index in [2.05, 4.69) is 10.0 Å². The number of halogens is 2. The molecule has 1 unspecified atom stereocenters. The van der Waals surface area contributed by atoms with Crippen LogP contribution in [0.2, 0.25) is 10.0 Å². The molecule has 2 aliphatic rings. The molecule has 1 N–H and O–H groups in total. The van der Waals surface area contributed by atoms with Crippen molar-refractivity contribution >= 4 is 35.0 Å². The van der Waals surface area contributed by atoms with Crippen LogP contribution in [0, 0.1) is 0 Å². The molecule has 152 valence electrons. The molecule has 0 aliphatic carbocycles. The SMILES string of the molecule is [N-]=[N+]=N[C@@H]1[C@@H](O)[C@@H](Sc2cc(Cl)ccc2Cl)O[C@@H]2COC(c3ccccc3)O[C@H]12. The fraction of sp³-hybridized carbons (Fsp3) is 0.368. The molecule has 6 atom stereocenters. The van der Waals surface area contributed by atoms with E-state index in [-0.39, 0.29) is 6.61 Å². The molecule has 0 bridgehead atoms. The first-order valence-corrected chi connectivity index (χ1v) is 10.5. The Morgan fingerprint density at radius 1 is 1.14 bits per heavy atom. The number of nitrogens with zero attached hydrogens (tertiary/aromatic N) is 3. The molecule has 2 fully saturated rings. The van der Waals surface area contributed by atoms with Gasteiger partial charge in [-0.1, -0.05) is 70.4 Å². The molecule has 10 heteroatoms. The molecule has 0 spiro atoms. The minimum atomic E-state index is -1.11. The lowest BCUT2D eigenvalue weighted by Gasteiger charge is -2.46. The van der Waals surface area contributed by atoms with Crippen molar-refractivity contribution in [3.05, 3.63) is 74.6 Å². The van der Waals surface area contributed by atoms with E-state index in [1.807, 2.05) is 30.3 Å². The van der Waals surface area contributed by atoms with Crippen molar-refractivity contribution < 1.29 is 19.3 Å². The van der Waals surface area contributed by atoms with Crippen LogP contribution in [-0.2, 0) is 14.2 Å². The van der Waals surface area contributed by atoms with Gasteiger partial charge in [0.2, 0.25) is 0 Å². The van der Waals surface area contributed by atoms with Crippen molar-refractivity contribution in [2.45, 2.75) is 41.0 Å². The smallest absolute Gasteiger partial charge is 0.184 e. The van der Waals surface area contributed by atoms with Crippen LogP contribution in [0.15, 0.2) is 58.5 Å². The molecule has 29 heavy (non-hydrogen) atoms. The van der Waals surface area contributed by atoms with Gasteiger partial charge in [0, 0.05) is 20.4 Å². The Morgan fingerprint density at radius 3 is 2.69 bits per heavy atom. The summed E-state index contributed by atoms with van der Waals surface area (Å²) in [6.07, 6.45) is -2.89. The minimum absolute atomic E-state index is 0.231. The van der Waals surface area contributed by atoms with Gasteiger partial charge in [0.1, 0.15) is 23.7 Å². The summed E-state index contributed by atoms with van der Waals surface area (Å²) in [5.41, 5.74) is 9.14. The summed E-state index contributed by atoms with van der Waals surface area (Å²) < 4.78 is 17.9. The highest BCUT2D eigenvalue weighted by Crippen LogP contribution is 2.42. The summed E-state index contributed by atoms with van der Waals surface area (Å²) in [6.45, 7) is 0.231. The molecule has 2 aromatic rings. The molecule has 2 saturated heterocycles. The van der Waals surface area contributed by atoms with Gasteiger partial charge in [0.05, 0.1) is 17.7 Å². The predicted molar refractivity (Wildman–Crippen MR) is 110 cm³/mol. The van der Waals surface area contributed by atoms with Crippen LogP contribution in [-0.4, -0.2) is 41.5 Å². The second kappa shape index (κ2) is 9.12. The Morgan fingerprint density at radius 2 is 1.93 bits per heavy atom. The van der Waals surface area contributed by atoms with Crippen molar-refractivity contribution in [3.63, 3.8) is 0 Å². The number of ether oxygens (including phenoxy) is 3. The van der Waals surface area contributed by atoms with Gasteiger partial charge in [0.15, 0.2) is 6.29 Å². The first-order chi connectivity index (χ1) is 14.1. The number of fused-ring (bicyclic) bond motifs is 1. The standard InChI is InChI=1S/C19H17Cl2N3O4S/c20-11-6-7-12(21)14(8-11)29-19-16(25)15(23-24-22)17-13(27-19)9-26-18(28-17)10-4-2-1-3-5-10/h1-8,13,15-19,25H,9H2/t13-,15-,16-,17+,18?,19-/m1/s1. The van der Waals surface area contributed by atoms with Gasteiger partial charge in [-0.05, 0) is 23.7 Å². The molecular formula is C19H17Cl2N3O4S. The van der Waals surface area contributed by atoms with E-state index in [0.717, 1.165) is 5.56 Å². The third-order valence-electron chi connectivity index (χ3n) is 4.73. The molecule has 2 aliphatic heterocycles. The molecule has 2 aromatic carbocycles. The molecule has 0 aromatic heterocycles. The number of thioether (sulfide) groups is 1. The summed E-state index contributed by atoms with van der Waals surface area (Å²) in [5, 5.41) is 15.7. The first-order valence-electron chi connectivity index (χ1n) is 8.88. The number of aliphatic hydroxyl groups is 1. The van der Waals surface area contributed by atoms with Crippen LogP contribution in [0.25, 0.3) is 10.4 Å². The zero-order valence-electron chi connectivity index (χ0n) is 15.0. The Bertz CT molecular complexity index is 916. The lowest BCUT2D eigenvalue weighted by Crippen LogP contribution is -2.60. The quantitative estimate of drug-likeness (QED) is 0.400. The molecule has 0 radical (unpaired) electrons. The normalized spacial score (nSPS) is 31.6. The molecular weight excluding hydrogens is 437 g/mol. The van der Waals surface area contributed by atoms with Gasteiger partial charge in [-0.15, -0.1) is 0 Å². The fourth-order valence-electron chi connectivity index (χ4n) is 3.34. The number of hydrogen-bond acceptors (Lipinski definition) is 6. The molecule has 7 nitrogen and oxygen atoms in total. The average molecular weight is 454 g/mol. The Hall–Kier alpha value is -1.48. The van der Waals surface area contributed by atoms with Gasteiger partial charge in [-0.3, -0.25) is 0 Å². The summed E-state index contributed by atoms with van der Waals surface area (Å²) >= 11 is 13.5. The second-order valence-electron chi connectivity index (χ2n) is 6.60. The van der Waals surface area contributed by atoms with Crippen LogP contribution >= 0.6 is 35.0 Å². The monoisotopic (exact) mass is 453 g/mol. The van der Waals surface area contributed by atoms with Crippen molar-refractivity contribution in [3.8, 4) is 0 Å². The number of azide groups is 1. The maximum absolute atomic E-state index is 10.9. The van der Waals surface area contributed by atoms with Gasteiger partial charge >= 0.3 is 0 Å². The van der Waals surface area contributed by atoms with E-state index in [1.165, 1.54) is 11.8 Å². The molecule has 4 rings (SSSR count). The predicted octanol–water partition coefficient (Wildman–Crippen LogP) is 4.96. The van der Waals surface area contributed by atoms with E-state index in [4.69, 9.17) is 42.9 Å². The summed E-state index contributed by atoms with van der Waals surface area (Å²) in [4.78, 5) is 3.56. The summed E-state index contributed by atoms with van der Waals surface area (Å²) in [7, 11) is 0. The van der Waals surface area contributed by atoms with Gasteiger partial charge in [-0.25, -0.2) is 0 Å². The first kappa shape index (κ1) is 20.8. The van der Waals surface area contributed by atoms with Crippen molar-refractivity contribution in [2.24, 2.45) is 5.11 Å². The number of aliphatic hydroxyl groups excluding tert-OH is 1. The third-order valence-corrected chi connectivity index (χ3v) is 6.62. The lowest BCUT2D eigenvalue weighted by atomic mass is 9.97. The molecule has 0 amide bonds. The van der Waals surface area contributed by atoms with E-state index < -0.39 is 36.1 Å². The van der Waals surface area contributed by atoms with Gasteiger partial charge in [0.25, 0.3) is 0 Å². The topological polar surface area (TPSA) is 96.7 Å². The maximum atomic E-state index is 10.9. The number of benzene rings is 2. The van der Waals surface area contributed by atoms with Crippen LogP contribution < -0.4 is 0 Å². The van der Waals surface area contributed by atoms with Gasteiger partial charge in [-0.2, -0.15) is 0 Å². The van der Waals surface area contributed by atoms with Crippen LogP contribution in [0.5, 0.6) is 0 Å². The maximum Gasteiger partial charge on any atom is 0.184 e. The average Bonchev–Trinajstić information content (AvgIpc) is 2.74. The zero-order valence-corrected chi connectivity index (χ0v) is 17.3. The summed E-state index contributed by atoms with van der Waals surface area (Å²) in [5.74, 6) is 0. The zero-order chi connectivity index (χ0) is 20.4. The van der Waals surface area contributed by atoms with Gasteiger partial charge < -0.3 is 19.3 Å². The highest BCUT2D eigenvalue weighted by atomic mass is 35.5. The van der Waals surface area contributed by atoms with Crippen LogP contribution in [0.4, 0.5) is 0 Å². The highest BCUT2D eigenvalue weighted by molar-refractivity contribution is 8.00. The van der Waals surface area contributed by atoms with E-state index in [1.54, 1.807) is 18.2 Å². The largest absolute Gasteiger partial charge is 0.389 e. The minimum Gasteiger partial charge on any atom is -0.389 e. The lowest BCUT2D eigenvalue weighted by molar-refractivity contribution is -0.297. The highest BCUT2D eigenvalue weighted by Gasteiger charge is 2.49. The third kappa shape index (κ3) is 4.50. The van der Waals surface area contributed by atoms with Crippen molar-refractivity contribution in [1.29, 1.82) is 0 Å². The number of rotatable bonds is 4. The van der Waals surface area contributed by atoms with E-state index in [9.17, 15) is 5.11 Å². The van der Waals surface area contributed by atoms with E-state index in [0.29, 0.717) is 14.9 Å². The van der Waals surface area contributed by atoms with Crippen LogP contribution in [0.1, 0.15) is 11.9 Å². The fourth-order valence-corrected chi connectivity index (χ4v) is 4.95. The molecule has 0 saturated carbocycles. The van der Waals surface area contributed by atoms with E-state index >= 15 is 0 Å². The Kier molecular flexibility index (Phi) is 6.53. The summed E-state index contributed by atoms with van der Waals surface area (Å²) in [6, 6.07) is 13.6. The second-order valence-corrected chi connectivity index (χ2v) is 8.58.